The molecular formula is C12H13N3O4S2. The maximum Gasteiger partial charge on any atom is 0.335 e. The van der Waals surface area contributed by atoms with Crippen molar-refractivity contribution in [2.75, 3.05) is 4.72 Å². The fraction of sp³-hybridized carbons (Fsp3) is 0.250. The molecule has 2 N–H and O–H groups in total. The molecule has 21 heavy (non-hydrogen) atoms. The number of aryl methyl sites for hydroxylation is 1. The molecule has 0 spiro atoms. The first-order valence-corrected chi connectivity index (χ1v) is 8.51. The number of sulfonamides is 1. The van der Waals surface area contributed by atoms with E-state index in [9.17, 15) is 13.2 Å². The lowest BCUT2D eigenvalue weighted by molar-refractivity contribution is 0.0697. The Morgan fingerprint density at radius 3 is 2.48 bits per heavy atom. The molecule has 2 aromatic rings. The fourth-order valence-corrected chi connectivity index (χ4v) is 3.66. The summed E-state index contributed by atoms with van der Waals surface area (Å²) in [5.74, 6) is -1.31. The number of carboxylic acid groups (broad SMARTS) is 1. The average Bonchev–Trinajstić information content (AvgIpc) is 2.85. The van der Waals surface area contributed by atoms with Crippen molar-refractivity contribution >= 4 is 32.5 Å². The highest BCUT2D eigenvalue weighted by Crippen LogP contribution is 2.18. The van der Waals surface area contributed by atoms with Gasteiger partial charge in [0.25, 0.3) is 0 Å². The minimum Gasteiger partial charge on any atom is -0.478 e. The van der Waals surface area contributed by atoms with Gasteiger partial charge in [0.05, 0.1) is 11.3 Å². The number of aromatic carboxylic acids is 1. The number of rotatable bonds is 6. The van der Waals surface area contributed by atoms with Gasteiger partial charge in [0.15, 0.2) is 0 Å². The normalized spacial score (nSPS) is 11.3. The number of carbonyl (C=O) groups is 1. The van der Waals surface area contributed by atoms with Crippen LogP contribution in [0.3, 0.4) is 0 Å². The molecule has 1 aromatic heterocycles. The summed E-state index contributed by atoms with van der Waals surface area (Å²) in [6.45, 7) is 1.91. The number of benzene rings is 1. The molecule has 0 radical (unpaired) electrons. The Hall–Kier alpha value is -2.00. The zero-order valence-electron chi connectivity index (χ0n) is 11.1. The average molecular weight is 327 g/mol. The SMILES string of the molecule is CCc1nnc(NS(=O)(=O)Cc2ccc(C(=O)O)cc2)s1. The molecule has 0 amide bonds. The second kappa shape index (κ2) is 6.19. The van der Waals surface area contributed by atoms with Gasteiger partial charge in [0.2, 0.25) is 15.2 Å². The van der Waals surface area contributed by atoms with E-state index < -0.39 is 16.0 Å². The molecule has 0 aliphatic carbocycles. The maximum atomic E-state index is 12.0. The van der Waals surface area contributed by atoms with Crippen molar-refractivity contribution in [3.8, 4) is 0 Å². The number of aromatic nitrogens is 2. The second-order valence-electron chi connectivity index (χ2n) is 4.22. The first kappa shape index (κ1) is 15.4. The smallest absolute Gasteiger partial charge is 0.335 e. The van der Waals surface area contributed by atoms with Crippen LogP contribution in [0, 0.1) is 0 Å². The molecule has 7 nitrogen and oxygen atoms in total. The van der Waals surface area contributed by atoms with E-state index in [0.717, 1.165) is 5.01 Å². The number of anilines is 1. The van der Waals surface area contributed by atoms with Crippen molar-refractivity contribution in [2.45, 2.75) is 19.1 Å². The minimum atomic E-state index is -3.61. The van der Waals surface area contributed by atoms with E-state index in [1.165, 1.54) is 35.6 Å². The van der Waals surface area contributed by atoms with Crippen LogP contribution in [0.1, 0.15) is 27.9 Å². The third-order valence-electron chi connectivity index (χ3n) is 2.57. The minimum absolute atomic E-state index is 0.112. The quantitative estimate of drug-likeness (QED) is 0.836. The molecule has 0 aliphatic rings. The van der Waals surface area contributed by atoms with E-state index in [0.29, 0.717) is 12.0 Å². The van der Waals surface area contributed by atoms with Crippen LogP contribution in [-0.4, -0.2) is 29.7 Å². The van der Waals surface area contributed by atoms with Crippen molar-refractivity contribution in [1.29, 1.82) is 0 Å². The Bertz CT molecular complexity index is 738. The molecule has 1 heterocycles. The molecule has 0 unspecified atom stereocenters. The lowest BCUT2D eigenvalue weighted by Crippen LogP contribution is -2.15. The van der Waals surface area contributed by atoms with Crippen molar-refractivity contribution in [1.82, 2.24) is 10.2 Å². The highest BCUT2D eigenvalue weighted by molar-refractivity contribution is 7.92. The molecule has 0 aliphatic heterocycles. The van der Waals surface area contributed by atoms with Crippen LogP contribution in [0.4, 0.5) is 5.13 Å². The number of hydrogen-bond acceptors (Lipinski definition) is 6. The van der Waals surface area contributed by atoms with Crippen LogP contribution in [0.5, 0.6) is 0 Å². The second-order valence-corrected chi connectivity index (χ2v) is 7.00. The molecular weight excluding hydrogens is 314 g/mol. The zero-order chi connectivity index (χ0) is 15.5. The third kappa shape index (κ3) is 4.23. The van der Waals surface area contributed by atoms with Crippen LogP contribution in [0.2, 0.25) is 0 Å². The number of nitrogens with one attached hydrogen (secondary N) is 1. The summed E-state index contributed by atoms with van der Waals surface area (Å²) >= 11 is 1.19. The van der Waals surface area contributed by atoms with E-state index in [-0.39, 0.29) is 16.4 Å². The highest BCUT2D eigenvalue weighted by atomic mass is 32.2. The molecule has 112 valence electrons. The first-order chi connectivity index (χ1) is 9.89. The summed E-state index contributed by atoms with van der Waals surface area (Å²) in [6.07, 6.45) is 0.691. The van der Waals surface area contributed by atoms with E-state index in [4.69, 9.17) is 5.11 Å². The summed E-state index contributed by atoms with van der Waals surface area (Å²) < 4.78 is 26.4. The Balaban J connectivity index is 2.08. The molecule has 2 rings (SSSR count). The van der Waals surface area contributed by atoms with Gasteiger partial charge in [-0.15, -0.1) is 10.2 Å². The van der Waals surface area contributed by atoms with Gasteiger partial charge in [0, 0.05) is 0 Å². The van der Waals surface area contributed by atoms with Crippen molar-refractivity contribution < 1.29 is 18.3 Å². The van der Waals surface area contributed by atoms with E-state index >= 15 is 0 Å². The number of hydrogen-bond donors (Lipinski definition) is 2. The Morgan fingerprint density at radius 1 is 1.29 bits per heavy atom. The predicted molar refractivity (Wildman–Crippen MR) is 78.9 cm³/mol. The van der Waals surface area contributed by atoms with Gasteiger partial charge in [-0.05, 0) is 24.1 Å². The summed E-state index contributed by atoms with van der Waals surface area (Å²) in [7, 11) is -3.61. The monoisotopic (exact) mass is 327 g/mol. The van der Waals surface area contributed by atoms with Gasteiger partial charge in [0.1, 0.15) is 5.01 Å². The van der Waals surface area contributed by atoms with E-state index in [2.05, 4.69) is 14.9 Å². The van der Waals surface area contributed by atoms with Gasteiger partial charge < -0.3 is 5.11 Å². The van der Waals surface area contributed by atoms with Crippen molar-refractivity contribution in [2.24, 2.45) is 0 Å². The topological polar surface area (TPSA) is 109 Å². The van der Waals surface area contributed by atoms with Crippen LogP contribution in [-0.2, 0) is 22.2 Å². The van der Waals surface area contributed by atoms with Gasteiger partial charge >= 0.3 is 5.97 Å². The van der Waals surface area contributed by atoms with Crippen LogP contribution in [0.15, 0.2) is 24.3 Å². The van der Waals surface area contributed by atoms with Crippen molar-refractivity contribution in [3.05, 3.63) is 40.4 Å². The molecule has 0 bridgehead atoms. The largest absolute Gasteiger partial charge is 0.478 e. The molecule has 0 fully saturated rings. The van der Waals surface area contributed by atoms with Crippen LogP contribution < -0.4 is 4.72 Å². The Kier molecular flexibility index (Phi) is 4.53. The molecule has 0 saturated heterocycles. The lowest BCUT2D eigenvalue weighted by Gasteiger charge is -2.05. The fourth-order valence-electron chi connectivity index (χ4n) is 1.57. The zero-order valence-corrected chi connectivity index (χ0v) is 12.7. The van der Waals surface area contributed by atoms with E-state index in [1.807, 2.05) is 6.92 Å². The maximum absolute atomic E-state index is 12.0. The standard InChI is InChI=1S/C12H13N3O4S2/c1-2-10-13-14-12(20-10)15-21(18,19)7-8-3-5-9(6-4-8)11(16)17/h3-6H,2,7H2,1H3,(H,14,15)(H,16,17). The van der Waals surface area contributed by atoms with Gasteiger partial charge in [-0.1, -0.05) is 30.4 Å². The highest BCUT2D eigenvalue weighted by Gasteiger charge is 2.15. The third-order valence-corrected chi connectivity index (χ3v) is 4.90. The lowest BCUT2D eigenvalue weighted by atomic mass is 10.1. The van der Waals surface area contributed by atoms with Crippen LogP contribution >= 0.6 is 11.3 Å². The Morgan fingerprint density at radius 2 is 1.95 bits per heavy atom. The molecule has 0 atom stereocenters. The predicted octanol–water partition coefficient (Wildman–Crippen LogP) is 1.74. The number of carboxylic acids is 1. The molecule has 1 aromatic carbocycles. The Labute approximate surface area is 125 Å². The molecule has 0 saturated carbocycles. The summed E-state index contributed by atoms with van der Waals surface area (Å²) in [6, 6.07) is 5.68. The van der Waals surface area contributed by atoms with Gasteiger partial charge in [-0.25, -0.2) is 13.2 Å². The summed E-state index contributed by atoms with van der Waals surface area (Å²) in [5.41, 5.74) is 0.605. The molecule has 9 heteroatoms. The summed E-state index contributed by atoms with van der Waals surface area (Å²) in [4.78, 5) is 10.7. The summed E-state index contributed by atoms with van der Waals surface area (Å²) in [5, 5.41) is 17.3. The van der Waals surface area contributed by atoms with Crippen molar-refractivity contribution in [3.63, 3.8) is 0 Å². The van der Waals surface area contributed by atoms with Crippen LogP contribution in [0.25, 0.3) is 0 Å². The number of nitrogens with zero attached hydrogens (tertiary/aromatic N) is 2. The van der Waals surface area contributed by atoms with E-state index in [1.54, 1.807) is 0 Å². The van der Waals surface area contributed by atoms with Gasteiger partial charge in [-0.2, -0.15) is 0 Å². The first-order valence-electron chi connectivity index (χ1n) is 6.04. The van der Waals surface area contributed by atoms with Gasteiger partial charge in [-0.3, -0.25) is 4.72 Å².